The molecular formula is C10H21NO3. The van der Waals surface area contributed by atoms with Crippen LogP contribution in [0.3, 0.4) is 0 Å². The molecule has 2 atom stereocenters. The average molecular weight is 203 g/mol. The lowest BCUT2D eigenvalue weighted by atomic mass is 10.1. The zero-order valence-corrected chi connectivity index (χ0v) is 8.99. The van der Waals surface area contributed by atoms with E-state index in [4.69, 9.17) is 5.11 Å². The highest BCUT2D eigenvalue weighted by Gasteiger charge is 2.15. The van der Waals surface area contributed by atoms with Gasteiger partial charge in [-0.05, 0) is 25.8 Å². The summed E-state index contributed by atoms with van der Waals surface area (Å²) < 4.78 is 0. The molecule has 0 aliphatic rings. The highest BCUT2D eigenvalue weighted by Crippen LogP contribution is 1.99. The molecule has 2 unspecified atom stereocenters. The third kappa shape index (κ3) is 5.94. The Morgan fingerprint density at radius 1 is 1.36 bits per heavy atom. The second kappa shape index (κ2) is 7.76. The van der Waals surface area contributed by atoms with Crippen molar-refractivity contribution >= 4 is 5.97 Å². The van der Waals surface area contributed by atoms with Crippen LogP contribution in [0, 0.1) is 0 Å². The van der Waals surface area contributed by atoms with Crippen molar-refractivity contribution in [2.45, 2.75) is 51.7 Å². The summed E-state index contributed by atoms with van der Waals surface area (Å²) in [4.78, 5) is 10.7. The lowest BCUT2D eigenvalue weighted by molar-refractivity contribution is -0.139. The Hall–Kier alpha value is -0.610. The largest absolute Gasteiger partial charge is 0.480 e. The van der Waals surface area contributed by atoms with Gasteiger partial charge in [-0.2, -0.15) is 0 Å². The van der Waals surface area contributed by atoms with Crippen molar-refractivity contribution in [2.75, 3.05) is 6.54 Å². The molecule has 0 aliphatic carbocycles. The fourth-order valence-corrected chi connectivity index (χ4v) is 1.23. The number of aliphatic hydroxyl groups excluding tert-OH is 1. The Morgan fingerprint density at radius 2 is 2.00 bits per heavy atom. The first-order valence-corrected chi connectivity index (χ1v) is 5.26. The molecule has 0 amide bonds. The Kier molecular flexibility index (Phi) is 7.42. The summed E-state index contributed by atoms with van der Waals surface area (Å²) in [5.41, 5.74) is 0. The number of carboxylic acid groups (broad SMARTS) is 1. The minimum Gasteiger partial charge on any atom is -0.480 e. The Balaban J connectivity index is 3.66. The molecule has 4 heteroatoms. The Morgan fingerprint density at radius 3 is 2.43 bits per heavy atom. The number of hydrogen-bond donors (Lipinski definition) is 3. The van der Waals surface area contributed by atoms with Crippen LogP contribution in [0.2, 0.25) is 0 Å². The third-order valence-corrected chi connectivity index (χ3v) is 2.21. The first-order chi connectivity index (χ1) is 6.61. The summed E-state index contributed by atoms with van der Waals surface area (Å²) in [6, 6.07) is -0.468. The molecule has 0 saturated carbocycles. The van der Waals surface area contributed by atoms with Gasteiger partial charge in [-0.25, -0.2) is 0 Å². The number of aliphatic hydroxyl groups is 1. The maximum atomic E-state index is 10.7. The van der Waals surface area contributed by atoms with Crippen LogP contribution in [0.25, 0.3) is 0 Å². The summed E-state index contributed by atoms with van der Waals surface area (Å²) in [5, 5.41) is 21.0. The van der Waals surface area contributed by atoms with Crippen LogP contribution in [0.5, 0.6) is 0 Å². The molecule has 4 nitrogen and oxygen atoms in total. The Labute approximate surface area is 85.3 Å². The van der Waals surface area contributed by atoms with Crippen molar-refractivity contribution in [3.8, 4) is 0 Å². The van der Waals surface area contributed by atoms with Gasteiger partial charge in [0.2, 0.25) is 0 Å². The number of hydrogen-bond acceptors (Lipinski definition) is 3. The van der Waals surface area contributed by atoms with Crippen LogP contribution in [0.1, 0.15) is 39.5 Å². The van der Waals surface area contributed by atoms with Gasteiger partial charge in [0.05, 0.1) is 6.10 Å². The fraction of sp³-hybridized carbons (Fsp3) is 0.900. The highest BCUT2D eigenvalue weighted by molar-refractivity contribution is 5.73. The van der Waals surface area contributed by atoms with Gasteiger partial charge in [0.15, 0.2) is 0 Å². The van der Waals surface area contributed by atoms with E-state index in [9.17, 15) is 9.90 Å². The summed E-state index contributed by atoms with van der Waals surface area (Å²) in [6.07, 6.45) is 2.49. The van der Waals surface area contributed by atoms with Gasteiger partial charge in [0.1, 0.15) is 6.04 Å². The molecule has 0 radical (unpaired) electrons. The van der Waals surface area contributed by atoms with Crippen molar-refractivity contribution in [2.24, 2.45) is 0 Å². The summed E-state index contributed by atoms with van der Waals surface area (Å²) in [5.74, 6) is -0.808. The third-order valence-electron chi connectivity index (χ3n) is 2.21. The molecule has 0 spiro atoms. The van der Waals surface area contributed by atoms with E-state index in [1.807, 2.05) is 13.8 Å². The van der Waals surface area contributed by atoms with E-state index in [2.05, 4.69) is 5.32 Å². The quantitative estimate of drug-likeness (QED) is 0.550. The van der Waals surface area contributed by atoms with Gasteiger partial charge in [-0.15, -0.1) is 0 Å². The van der Waals surface area contributed by atoms with Gasteiger partial charge in [0.25, 0.3) is 0 Å². The smallest absolute Gasteiger partial charge is 0.320 e. The lowest BCUT2D eigenvalue weighted by Crippen LogP contribution is -2.38. The molecular weight excluding hydrogens is 182 g/mol. The first-order valence-electron chi connectivity index (χ1n) is 5.26. The number of aliphatic carboxylic acids is 1. The SMILES string of the molecule is CCCC(NCCC(O)CC)C(=O)O. The first kappa shape index (κ1) is 13.4. The Bertz CT molecular complexity index is 161. The van der Waals surface area contributed by atoms with Crippen molar-refractivity contribution in [3.63, 3.8) is 0 Å². The van der Waals surface area contributed by atoms with Gasteiger partial charge < -0.3 is 15.5 Å². The minimum absolute atomic E-state index is 0.321. The minimum atomic E-state index is -0.808. The molecule has 14 heavy (non-hydrogen) atoms. The predicted molar refractivity (Wildman–Crippen MR) is 55.2 cm³/mol. The molecule has 0 bridgehead atoms. The summed E-state index contributed by atoms with van der Waals surface area (Å²) in [7, 11) is 0. The summed E-state index contributed by atoms with van der Waals surface area (Å²) >= 11 is 0. The van der Waals surface area contributed by atoms with Crippen LogP contribution in [-0.4, -0.2) is 34.9 Å². The van der Waals surface area contributed by atoms with Crippen molar-refractivity contribution < 1.29 is 15.0 Å². The van der Waals surface area contributed by atoms with Crippen LogP contribution in [0.4, 0.5) is 0 Å². The van der Waals surface area contributed by atoms with E-state index >= 15 is 0 Å². The van der Waals surface area contributed by atoms with E-state index in [1.54, 1.807) is 0 Å². The zero-order chi connectivity index (χ0) is 11.0. The zero-order valence-electron chi connectivity index (χ0n) is 8.99. The van der Waals surface area contributed by atoms with E-state index in [1.165, 1.54) is 0 Å². The molecule has 3 N–H and O–H groups in total. The van der Waals surface area contributed by atoms with Gasteiger partial charge in [-0.1, -0.05) is 20.3 Å². The molecule has 0 aromatic rings. The van der Waals surface area contributed by atoms with Gasteiger partial charge in [0, 0.05) is 0 Å². The number of carbonyl (C=O) groups is 1. The number of nitrogens with one attached hydrogen (secondary N) is 1. The molecule has 0 aromatic carbocycles. The van der Waals surface area contributed by atoms with E-state index in [-0.39, 0.29) is 6.10 Å². The van der Waals surface area contributed by atoms with Crippen LogP contribution >= 0.6 is 0 Å². The molecule has 0 fully saturated rings. The molecule has 0 rings (SSSR count). The van der Waals surface area contributed by atoms with Crippen LogP contribution in [-0.2, 0) is 4.79 Å². The average Bonchev–Trinajstić information content (AvgIpc) is 2.16. The topological polar surface area (TPSA) is 69.6 Å². The van der Waals surface area contributed by atoms with E-state index in [0.29, 0.717) is 25.8 Å². The number of carboxylic acids is 1. The van der Waals surface area contributed by atoms with Crippen LogP contribution < -0.4 is 5.32 Å². The molecule has 0 aromatic heterocycles. The normalized spacial score (nSPS) is 15.1. The van der Waals surface area contributed by atoms with Crippen molar-refractivity contribution in [1.29, 1.82) is 0 Å². The molecule has 0 aliphatic heterocycles. The van der Waals surface area contributed by atoms with E-state index < -0.39 is 12.0 Å². The molecule has 0 saturated heterocycles. The maximum absolute atomic E-state index is 10.7. The second-order valence-electron chi connectivity index (χ2n) is 3.48. The predicted octanol–water partition coefficient (Wildman–Crippen LogP) is 0.990. The summed E-state index contributed by atoms with van der Waals surface area (Å²) in [6.45, 7) is 4.43. The molecule has 0 heterocycles. The second-order valence-corrected chi connectivity index (χ2v) is 3.48. The lowest BCUT2D eigenvalue weighted by Gasteiger charge is -2.14. The van der Waals surface area contributed by atoms with E-state index in [0.717, 1.165) is 6.42 Å². The van der Waals surface area contributed by atoms with Crippen molar-refractivity contribution in [1.82, 2.24) is 5.32 Å². The highest BCUT2D eigenvalue weighted by atomic mass is 16.4. The van der Waals surface area contributed by atoms with Crippen molar-refractivity contribution in [3.05, 3.63) is 0 Å². The molecule has 84 valence electrons. The fourth-order valence-electron chi connectivity index (χ4n) is 1.23. The van der Waals surface area contributed by atoms with Gasteiger partial charge in [-0.3, -0.25) is 4.79 Å². The standard InChI is InChI=1S/C10H21NO3/c1-3-5-9(10(13)14)11-7-6-8(12)4-2/h8-9,11-12H,3-7H2,1-2H3,(H,13,14). The number of rotatable bonds is 8. The maximum Gasteiger partial charge on any atom is 0.320 e. The monoisotopic (exact) mass is 203 g/mol. The van der Waals surface area contributed by atoms with Crippen LogP contribution in [0.15, 0.2) is 0 Å². The van der Waals surface area contributed by atoms with Gasteiger partial charge >= 0.3 is 5.97 Å².